The highest BCUT2D eigenvalue weighted by atomic mass is 79.9. The smallest absolute Gasteiger partial charge is 0.126 e. The molecule has 3 heteroatoms. The fourth-order valence-corrected chi connectivity index (χ4v) is 3.23. The zero-order valence-electron chi connectivity index (χ0n) is 11.7. The molecule has 3 rings (SSSR count). The van der Waals surface area contributed by atoms with Crippen molar-refractivity contribution in [3.8, 4) is 5.75 Å². The molecule has 0 saturated carbocycles. The topological polar surface area (TPSA) is 35.2 Å². The maximum atomic E-state index is 6.32. The molecule has 0 fully saturated rings. The first-order valence-electron chi connectivity index (χ1n) is 6.83. The number of halogens is 1. The Bertz CT molecular complexity index is 653. The van der Waals surface area contributed by atoms with Crippen LogP contribution in [-0.2, 0) is 0 Å². The Morgan fingerprint density at radius 3 is 2.65 bits per heavy atom. The highest BCUT2D eigenvalue weighted by Crippen LogP contribution is 2.41. The van der Waals surface area contributed by atoms with Gasteiger partial charge in [0.05, 0.1) is 0 Å². The van der Waals surface area contributed by atoms with Gasteiger partial charge in [-0.05, 0) is 43.2 Å². The Balaban J connectivity index is 1.97. The lowest BCUT2D eigenvalue weighted by atomic mass is 9.91. The summed E-state index contributed by atoms with van der Waals surface area (Å²) in [4.78, 5) is 0. The fourth-order valence-electron chi connectivity index (χ4n) is 2.85. The molecule has 0 radical (unpaired) electrons. The van der Waals surface area contributed by atoms with Crippen LogP contribution in [-0.4, -0.2) is 0 Å². The zero-order chi connectivity index (χ0) is 14.3. The third kappa shape index (κ3) is 2.48. The van der Waals surface area contributed by atoms with Crippen molar-refractivity contribution in [2.75, 3.05) is 0 Å². The molecule has 2 N–H and O–H groups in total. The molecule has 20 heavy (non-hydrogen) atoms. The summed E-state index contributed by atoms with van der Waals surface area (Å²) in [6.07, 6.45) is 0.854. The maximum Gasteiger partial charge on any atom is 0.126 e. The molecule has 0 amide bonds. The lowest BCUT2D eigenvalue weighted by Gasteiger charge is -2.31. The number of ether oxygens (including phenoxy) is 1. The standard InChI is InChI=1S/C17H18BrNO/c1-10-3-5-13(11(2)7-10)17-9-15(19)14-8-12(18)4-6-16(14)20-17/h3-8,15,17H,9,19H2,1-2H3/t15-,17?/m1/s1. The van der Waals surface area contributed by atoms with Crippen LogP contribution < -0.4 is 10.5 Å². The minimum atomic E-state index is 0.0157. The summed E-state index contributed by atoms with van der Waals surface area (Å²) in [7, 11) is 0. The molecule has 1 aliphatic heterocycles. The van der Waals surface area contributed by atoms with Gasteiger partial charge in [0.1, 0.15) is 11.9 Å². The second-order valence-electron chi connectivity index (χ2n) is 5.49. The lowest BCUT2D eigenvalue weighted by Crippen LogP contribution is -2.24. The molecular weight excluding hydrogens is 314 g/mol. The molecule has 2 aromatic carbocycles. The van der Waals surface area contributed by atoms with Gasteiger partial charge >= 0.3 is 0 Å². The van der Waals surface area contributed by atoms with Gasteiger partial charge in [0.15, 0.2) is 0 Å². The SMILES string of the molecule is Cc1ccc(C2C[C@@H](N)c3cc(Br)ccc3O2)c(C)c1. The van der Waals surface area contributed by atoms with Gasteiger partial charge in [0.25, 0.3) is 0 Å². The van der Waals surface area contributed by atoms with Gasteiger partial charge in [-0.25, -0.2) is 0 Å². The van der Waals surface area contributed by atoms with Crippen LogP contribution in [0.15, 0.2) is 40.9 Å². The van der Waals surface area contributed by atoms with Crippen LogP contribution in [0.5, 0.6) is 5.75 Å². The molecule has 0 spiro atoms. The number of fused-ring (bicyclic) bond motifs is 1. The van der Waals surface area contributed by atoms with Crippen molar-refractivity contribution in [1.29, 1.82) is 0 Å². The highest BCUT2D eigenvalue weighted by molar-refractivity contribution is 9.10. The third-order valence-corrected chi connectivity index (χ3v) is 4.37. The molecule has 0 bridgehead atoms. The number of hydrogen-bond acceptors (Lipinski definition) is 2. The highest BCUT2D eigenvalue weighted by Gasteiger charge is 2.28. The largest absolute Gasteiger partial charge is 0.485 e. The quantitative estimate of drug-likeness (QED) is 0.829. The average Bonchev–Trinajstić information content (AvgIpc) is 2.39. The zero-order valence-corrected chi connectivity index (χ0v) is 13.3. The first kappa shape index (κ1) is 13.7. The molecule has 1 unspecified atom stereocenters. The Labute approximate surface area is 128 Å². The van der Waals surface area contributed by atoms with E-state index in [1.807, 2.05) is 12.1 Å². The lowest BCUT2D eigenvalue weighted by molar-refractivity contribution is 0.161. The normalized spacial score (nSPS) is 21.2. The molecule has 104 valence electrons. The van der Waals surface area contributed by atoms with E-state index in [0.717, 1.165) is 22.2 Å². The molecule has 0 saturated heterocycles. The number of hydrogen-bond donors (Lipinski definition) is 1. The number of nitrogens with two attached hydrogens (primary N) is 1. The van der Waals surface area contributed by atoms with Gasteiger partial charge in [0, 0.05) is 22.5 Å². The Morgan fingerprint density at radius 2 is 1.90 bits per heavy atom. The summed E-state index contributed by atoms with van der Waals surface area (Å²) in [6, 6.07) is 12.5. The Morgan fingerprint density at radius 1 is 1.10 bits per heavy atom. The molecule has 2 aromatic rings. The number of aryl methyl sites for hydroxylation is 2. The van der Waals surface area contributed by atoms with Crippen molar-refractivity contribution in [3.63, 3.8) is 0 Å². The van der Waals surface area contributed by atoms with E-state index in [1.54, 1.807) is 0 Å². The van der Waals surface area contributed by atoms with Crippen LogP contribution in [0.4, 0.5) is 0 Å². The minimum Gasteiger partial charge on any atom is -0.485 e. The van der Waals surface area contributed by atoms with Gasteiger partial charge in [0.2, 0.25) is 0 Å². The summed E-state index contributed by atoms with van der Waals surface area (Å²) in [5.74, 6) is 0.900. The molecule has 1 aliphatic rings. The number of benzene rings is 2. The Hall–Kier alpha value is -1.32. The van der Waals surface area contributed by atoms with Crippen LogP contribution >= 0.6 is 15.9 Å². The minimum absolute atomic E-state index is 0.0157. The maximum absolute atomic E-state index is 6.32. The van der Waals surface area contributed by atoms with Gasteiger partial charge < -0.3 is 10.5 Å². The van der Waals surface area contributed by atoms with E-state index in [0.29, 0.717) is 0 Å². The van der Waals surface area contributed by atoms with Crippen molar-refractivity contribution >= 4 is 15.9 Å². The van der Waals surface area contributed by atoms with Crippen LogP contribution in [0.2, 0.25) is 0 Å². The second-order valence-corrected chi connectivity index (χ2v) is 6.41. The number of rotatable bonds is 1. The monoisotopic (exact) mass is 331 g/mol. The fraction of sp³-hybridized carbons (Fsp3) is 0.294. The molecule has 1 heterocycles. The van der Waals surface area contributed by atoms with Crippen LogP contribution in [0, 0.1) is 13.8 Å². The summed E-state index contributed by atoms with van der Waals surface area (Å²) in [5, 5.41) is 0. The Kier molecular flexibility index (Phi) is 3.57. The molecule has 0 aromatic heterocycles. The van der Waals surface area contributed by atoms with E-state index in [4.69, 9.17) is 10.5 Å². The van der Waals surface area contributed by atoms with E-state index in [9.17, 15) is 0 Å². The predicted molar refractivity (Wildman–Crippen MR) is 85.0 cm³/mol. The predicted octanol–water partition coefficient (Wildman–Crippen LogP) is 4.59. The third-order valence-electron chi connectivity index (χ3n) is 3.88. The van der Waals surface area contributed by atoms with Crippen LogP contribution in [0.3, 0.4) is 0 Å². The second kappa shape index (κ2) is 5.23. The van der Waals surface area contributed by atoms with Crippen LogP contribution in [0.25, 0.3) is 0 Å². The summed E-state index contributed by atoms with van der Waals surface area (Å²) in [5.41, 5.74) is 11.2. The molecule has 2 nitrogen and oxygen atoms in total. The average molecular weight is 332 g/mol. The van der Waals surface area contributed by atoms with Crippen molar-refractivity contribution in [3.05, 3.63) is 63.1 Å². The summed E-state index contributed by atoms with van der Waals surface area (Å²) >= 11 is 3.49. The van der Waals surface area contributed by atoms with E-state index >= 15 is 0 Å². The van der Waals surface area contributed by atoms with Gasteiger partial charge in [-0.1, -0.05) is 39.7 Å². The summed E-state index contributed by atoms with van der Waals surface area (Å²) < 4.78 is 7.21. The van der Waals surface area contributed by atoms with Gasteiger partial charge in [-0.3, -0.25) is 0 Å². The molecule has 2 atom stereocenters. The van der Waals surface area contributed by atoms with E-state index in [1.165, 1.54) is 16.7 Å². The molecule has 0 aliphatic carbocycles. The first-order valence-corrected chi connectivity index (χ1v) is 7.63. The molecular formula is C17H18BrNO. The van der Waals surface area contributed by atoms with E-state index in [-0.39, 0.29) is 12.1 Å². The van der Waals surface area contributed by atoms with Gasteiger partial charge in [-0.2, -0.15) is 0 Å². The van der Waals surface area contributed by atoms with Crippen LogP contribution in [0.1, 0.15) is 40.8 Å². The van der Waals surface area contributed by atoms with Crippen molar-refractivity contribution < 1.29 is 4.74 Å². The van der Waals surface area contributed by atoms with Gasteiger partial charge in [-0.15, -0.1) is 0 Å². The van der Waals surface area contributed by atoms with Crippen molar-refractivity contribution in [1.82, 2.24) is 0 Å². The van der Waals surface area contributed by atoms with Crippen molar-refractivity contribution in [2.45, 2.75) is 32.4 Å². The van der Waals surface area contributed by atoms with E-state index < -0.39 is 0 Å². The first-order chi connectivity index (χ1) is 9.54. The van der Waals surface area contributed by atoms with E-state index in [2.05, 4.69) is 54.0 Å². The summed E-state index contributed by atoms with van der Waals surface area (Å²) in [6.45, 7) is 4.24. The van der Waals surface area contributed by atoms with Crippen molar-refractivity contribution in [2.24, 2.45) is 5.73 Å².